The van der Waals surface area contributed by atoms with Gasteiger partial charge in [0.1, 0.15) is 12.3 Å². The fourth-order valence-corrected chi connectivity index (χ4v) is 5.11. The number of nitrogens with one attached hydrogen (secondary N) is 1. The van der Waals surface area contributed by atoms with E-state index >= 15 is 0 Å². The third-order valence-electron chi connectivity index (χ3n) is 6.02. The van der Waals surface area contributed by atoms with Gasteiger partial charge in [0.05, 0.1) is 17.7 Å². The first-order valence-corrected chi connectivity index (χ1v) is 12.6. The molecular formula is C28H25N3O4S. The number of nitrogens with zero attached hydrogens (tertiary/aromatic N) is 2. The molecule has 3 amide bonds. The van der Waals surface area contributed by atoms with Crippen molar-refractivity contribution in [3.05, 3.63) is 101 Å². The lowest BCUT2D eigenvalue weighted by atomic mass is 10.1. The Morgan fingerprint density at radius 3 is 2.61 bits per heavy atom. The van der Waals surface area contributed by atoms with Crippen LogP contribution in [-0.4, -0.2) is 33.1 Å². The average Bonchev–Trinajstić information content (AvgIpc) is 3.59. The molecule has 1 fully saturated rings. The maximum Gasteiger partial charge on any atom is 0.293 e. The van der Waals surface area contributed by atoms with E-state index in [-0.39, 0.29) is 23.6 Å². The number of para-hydroxylation sites is 1. The van der Waals surface area contributed by atoms with E-state index in [0.717, 1.165) is 34.6 Å². The lowest BCUT2D eigenvalue weighted by Gasteiger charge is -2.12. The van der Waals surface area contributed by atoms with Gasteiger partial charge in [0.25, 0.3) is 11.1 Å². The van der Waals surface area contributed by atoms with Crippen LogP contribution in [0.25, 0.3) is 17.0 Å². The van der Waals surface area contributed by atoms with Gasteiger partial charge in [0.15, 0.2) is 0 Å². The van der Waals surface area contributed by atoms with Crippen molar-refractivity contribution >= 4 is 45.8 Å². The Bertz CT molecular complexity index is 1420. The highest BCUT2D eigenvalue weighted by atomic mass is 32.2. The standard InChI is InChI=1S/C28H25N3O4S/c32-26(29-17-22-11-7-15-35-22)19-30-18-21(23-12-4-5-13-24(23)30)16-25-27(33)31(28(34)36-25)14-6-10-20-8-2-1-3-9-20/h1-5,7-9,11-13,15-16,18H,6,10,14,17,19H2,(H,29,32)/b25-16-. The highest BCUT2D eigenvalue weighted by molar-refractivity contribution is 8.18. The van der Waals surface area contributed by atoms with Gasteiger partial charge in [-0.05, 0) is 54.4 Å². The van der Waals surface area contributed by atoms with Gasteiger partial charge in [0.2, 0.25) is 5.91 Å². The van der Waals surface area contributed by atoms with Crippen molar-refractivity contribution in [1.82, 2.24) is 14.8 Å². The smallest absolute Gasteiger partial charge is 0.293 e. The number of fused-ring (bicyclic) bond motifs is 1. The van der Waals surface area contributed by atoms with Gasteiger partial charge in [-0.25, -0.2) is 0 Å². The van der Waals surface area contributed by atoms with Gasteiger partial charge in [0, 0.05) is 29.2 Å². The van der Waals surface area contributed by atoms with Gasteiger partial charge in [-0.3, -0.25) is 19.3 Å². The molecule has 0 atom stereocenters. The van der Waals surface area contributed by atoms with Crippen LogP contribution in [0.2, 0.25) is 0 Å². The number of aryl methyl sites for hydroxylation is 1. The summed E-state index contributed by atoms with van der Waals surface area (Å²) in [6.07, 6.45) is 6.68. The molecule has 4 aromatic rings. The van der Waals surface area contributed by atoms with Gasteiger partial charge < -0.3 is 14.3 Å². The number of carbonyl (C=O) groups excluding carboxylic acids is 3. The highest BCUT2D eigenvalue weighted by Gasteiger charge is 2.34. The first kappa shape index (κ1) is 23.7. The van der Waals surface area contributed by atoms with Crippen molar-refractivity contribution in [3.8, 4) is 0 Å². The minimum atomic E-state index is -0.272. The van der Waals surface area contributed by atoms with Gasteiger partial charge in [-0.15, -0.1) is 0 Å². The first-order chi connectivity index (χ1) is 17.6. The summed E-state index contributed by atoms with van der Waals surface area (Å²) < 4.78 is 7.11. The van der Waals surface area contributed by atoms with Crippen molar-refractivity contribution in [2.24, 2.45) is 0 Å². The number of furan rings is 1. The third kappa shape index (κ3) is 5.28. The summed E-state index contributed by atoms with van der Waals surface area (Å²) in [5.74, 6) is 0.254. The van der Waals surface area contributed by atoms with Gasteiger partial charge in [-0.1, -0.05) is 48.5 Å². The minimum Gasteiger partial charge on any atom is -0.467 e. The number of hydrogen-bond donors (Lipinski definition) is 1. The Morgan fingerprint density at radius 2 is 1.81 bits per heavy atom. The molecule has 2 aromatic carbocycles. The molecule has 0 spiro atoms. The molecule has 1 aliphatic heterocycles. The predicted molar refractivity (Wildman–Crippen MR) is 140 cm³/mol. The van der Waals surface area contributed by atoms with E-state index in [1.165, 1.54) is 10.5 Å². The molecule has 1 saturated heterocycles. The summed E-state index contributed by atoms with van der Waals surface area (Å²) in [6, 6.07) is 21.3. The first-order valence-electron chi connectivity index (χ1n) is 11.7. The second-order valence-electron chi connectivity index (χ2n) is 8.51. The van der Waals surface area contributed by atoms with Crippen molar-refractivity contribution < 1.29 is 18.8 Å². The molecule has 0 unspecified atom stereocenters. The van der Waals surface area contributed by atoms with E-state index in [1.807, 2.05) is 65.4 Å². The van der Waals surface area contributed by atoms with E-state index in [1.54, 1.807) is 24.5 Å². The summed E-state index contributed by atoms with van der Waals surface area (Å²) in [6.45, 7) is 0.819. The van der Waals surface area contributed by atoms with Crippen LogP contribution in [0, 0.1) is 0 Å². The molecule has 0 bridgehead atoms. The fourth-order valence-electron chi connectivity index (χ4n) is 4.25. The molecule has 36 heavy (non-hydrogen) atoms. The molecular weight excluding hydrogens is 474 g/mol. The van der Waals surface area contributed by atoms with Crippen molar-refractivity contribution in [3.63, 3.8) is 0 Å². The Morgan fingerprint density at radius 1 is 1.00 bits per heavy atom. The number of carbonyl (C=O) groups is 3. The Labute approximate surface area is 212 Å². The van der Waals surface area contributed by atoms with Crippen LogP contribution in [-0.2, 0) is 29.1 Å². The third-order valence-corrected chi connectivity index (χ3v) is 6.93. The SMILES string of the molecule is O=C(Cn1cc(/C=C2\SC(=O)N(CCCc3ccccc3)C2=O)c2ccccc21)NCc1ccco1. The number of aromatic nitrogens is 1. The molecule has 0 saturated carbocycles. The average molecular weight is 500 g/mol. The van der Waals surface area contributed by atoms with E-state index < -0.39 is 0 Å². The van der Waals surface area contributed by atoms with Crippen LogP contribution >= 0.6 is 11.8 Å². The fraction of sp³-hybridized carbons (Fsp3) is 0.179. The van der Waals surface area contributed by atoms with Gasteiger partial charge in [-0.2, -0.15) is 0 Å². The number of thioether (sulfide) groups is 1. The topological polar surface area (TPSA) is 84.5 Å². The summed E-state index contributed by atoms with van der Waals surface area (Å²) in [5.41, 5.74) is 2.85. The number of imide groups is 1. The maximum atomic E-state index is 13.0. The van der Waals surface area contributed by atoms with Crippen LogP contribution in [0.3, 0.4) is 0 Å². The van der Waals surface area contributed by atoms with E-state index in [9.17, 15) is 14.4 Å². The van der Waals surface area contributed by atoms with Gasteiger partial charge >= 0.3 is 0 Å². The largest absolute Gasteiger partial charge is 0.467 e. The minimum absolute atomic E-state index is 0.121. The zero-order valence-electron chi connectivity index (χ0n) is 19.6. The summed E-state index contributed by atoms with van der Waals surface area (Å²) in [4.78, 5) is 39.9. The molecule has 0 aliphatic carbocycles. The normalized spacial score (nSPS) is 14.8. The number of amides is 3. The molecule has 2 aromatic heterocycles. The molecule has 1 N–H and O–H groups in total. The van der Waals surface area contributed by atoms with Crippen molar-refractivity contribution in [2.75, 3.05) is 6.54 Å². The monoisotopic (exact) mass is 499 g/mol. The molecule has 1 aliphatic rings. The molecule has 3 heterocycles. The van der Waals surface area contributed by atoms with Crippen LogP contribution in [0.4, 0.5) is 4.79 Å². The molecule has 0 radical (unpaired) electrons. The van der Waals surface area contributed by atoms with E-state index in [2.05, 4.69) is 5.32 Å². The Kier molecular flexibility index (Phi) is 7.04. The Hall–Kier alpha value is -4.04. The van der Waals surface area contributed by atoms with E-state index in [4.69, 9.17) is 4.42 Å². The Balaban J connectivity index is 1.29. The number of benzene rings is 2. The predicted octanol–water partition coefficient (Wildman–Crippen LogP) is 5.22. The molecule has 7 nitrogen and oxygen atoms in total. The maximum absolute atomic E-state index is 13.0. The zero-order valence-corrected chi connectivity index (χ0v) is 20.4. The van der Waals surface area contributed by atoms with Crippen LogP contribution < -0.4 is 5.32 Å². The summed E-state index contributed by atoms with van der Waals surface area (Å²) in [5, 5.41) is 3.51. The molecule has 8 heteroatoms. The lowest BCUT2D eigenvalue weighted by Crippen LogP contribution is -2.29. The zero-order chi connectivity index (χ0) is 24.9. The molecule has 182 valence electrons. The van der Waals surface area contributed by atoms with Crippen LogP contribution in [0.1, 0.15) is 23.3 Å². The van der Waals surface area contributed by atoms with E-state index in [0.29, 0.717) is 30.2 Å². The number of hydrogen-bond acceptors (Lipinski definition) is 5. The quantitative estimate of drug-likeness (QED) is 0.319. The van der Waals surface area contributed by atoms with Crippen molar-refractivity contribution in [1.29, 1.82) is 0 Å². The second-order valence-corrected chi connectivity index (χ2v) is 9.50. The molecule has 5 rings (SSSR count). The van der Waals surface area contributed by atoms with Crippen LogP contribution in [0.15, 0.2) is 88.5 Å². The van der Waals surface area contributed by atoms with Crippen molar-refractivity contribution in [2.45, 2.75) is 25.9 Å². The lowest BCUT2D eigenvalue weighted by molar-refractivity contribution is -0.123. The summed E-state index contributed by atoms with van der Waals surface area (Å²) >= 11 is 0.961. The summed E-state index contributed by atoms with van der Waals surface area (Å²) in [7, 11) is 0. The second kappa shape index (κ2) is 10.7. The van der Waals surface area contributed by atoms with Crippen LogP contribution in [0.5, 0.6) is 0 Å². The highest BCUT2D eigenvalue weighted by Crippen LogP contribution is 2.34. The number of rotatable bonds is 9.